The Kier molecular flexibility index (Phi) is 5.38. The van der Waals surface area contributed by atoms with Crippen LogP contribution in [-0.4, -0.2) is 37.7 Å². The lowest BCUT2D eigenvalue weighted by Crippen LogP contribution is -2.42. The molecule has 1 atom stereocenters. The van der Waals surface area contributed by atoms with Gasteiger partial charge in [-0.1, -0.05) is 12.5 Å². The van der Waals surface area contributed by atoms with Crippen LogP contribution in [0.5, 0.6) is 5.75 Å². The summed E-state index contributed by atoms with van der Waals surface area (Å²) in [5.74, 6) is 0.337. The zero-order valence-electron chi connectivity index (χ0n) is 12.7. The van der Waals surface area contributed by atoms with Crippen LogP contribution in [0.25, 0.3) is 0 Å². The van der Waals surface area contributed by atoms with E-state index in [9.17, 15) is 10.1 Å². The minimum absolute atomic E-state index is 0.0534. The Morgan fingerprint density at radius 3 is 2.90 bits per heavy atom. The molecule has 1 aliphatic rings. The van der Waals surface area contributed by atoms with Gasteiger partial charge in [-0.3, -0.25) is 10.1 Å². The largest absolute Gasteiger partial charge is 0.487 e. The molecule has 1 N–H and O–H groups in total. The summed E-state index contributed by atoms with van der Waals surface area (Å²) >= 11 is 0. The number of hydrogen-bond acceptors (Lipinski definition) is 5. The Balaban J connectivity index is 2.20. The number of ether oxygens (including phenoxy) is 1. The maximum Gasteiger partial charge on any atom is 0.333 e. The quantitative estimate of drug-likeness (QED) is 0.645. The summed E-state index contributed by atoms with van der Waals surface area (Å²) in [4.78, 5) is 13.0. The van der Waals surface area contributed by atoms with Crippen LogP contribution in [0.1, 0.15) is 26.2 Å². The van der Waals surface area contributed by atoms with Crippen LogP contribution in [0, 0.1) is 10.1 Å². The fraction of sp³-hybridized carbons (Fsp3) is 0.600. The van der Waals surface area contributed by atoms with Crippen molar-refractivity contribution in [3.8, 4) is 5.75 Å². The van der Waals surface area contributed by atoms with Gasteiger partial charge in [0.05, 0.1) is 11.5 Å². The lowest BCUT2D eigenvalue weighted by Gasteiger charge is -2.29. The number of anilines is 1. The molecule has 1 fully saturated rings. The first kappa shape index (κ1) is 15.6. The molecule has 6 nitrogen and oxygen atoms in total. The highest BCUT2D eigenvalue weighted by Gasteiger charge is 2.25. The predicted molar refractivity (Wildman–Crippen MR) is 83.2 cm³/mol. The molecule has 0 aliphatic carbocycles. The molecule has 1 aromatic rings. The second-order valence-corrected chi connectivity index (χ2v) is 5.34. The van der Waals surface area contributed by atoms with Gasteiger partial charge in [0.15, 0.2) is 5.75 Å². The fourth-order valence-electron chi connectivity index (χ4n) is 2.78. The number of benzene rings is 1. The van der Waals surface area contributed by atoms with Gasteiger partial charge in [0.1, 0.15) is 5.69 Å². The molecule has 1 heterocycles. The van der Waals surface area contributed by atoms with Crippen molar-refractivity contribution in [1.82, 2.24) is 5.32 Å². The lowest BCUT2D eigenvalue weighted by atomic mass is 10.0. The minimum Gasteiger partial charge on any atom is -0.487 e. The highest BCUT2D eigenvalue weighted by Crippen LogP contribution is 2.36. The van der Waals surface area contributed by atoms with Crippen molar-refractivity contribution >= 4 is 11.4 Å². The highest BCUT2D eigenvalue weighted by atomic mass is 16.6. The van der Waals surface area contributed by atoms with E-state index in [-0.39, 0.29) is 10.6 Å². The van der Waals surface area contributed by atoms with Gasteiger partial charge in [-0.05, 0) is 38.4 Å². The van der Waals surface area contributed by atoms with Gasteiger partial charge >= 0.3 is 5.69 Å². The first-order chi connectivity index (χ1) is 10.1. The summed E-state index contributed by atoms with van der Waals surface area (Å²) in [5, 5.41) is 14.9. The number of piperidine rings is 1. The number of nitrogens with zero attached hydrogens (tertiary/aromatic N) is 2. The van der Waals surface area contributed by atoms with Gasteiger partial charge in [0.25, 0.3) is 0 Å². The summed E-state index contributed by atoms with van der Waals surface area (Å²) in [6.45, 7) is 4.03. The summed E-state index contributed by atoms with van der Waals surface area (Å²) in [5.41, 5.74) is 0.663. The van der Waals surface area contributed by atoms with Crippen molar-refractivity contribution < 1.29 is 9.66 Å². The van der Waals surface area contributed by atoms with Crippen molar-refractivity contribution in [2.75, 3.05) is 31.6 Å². The van der Waals surface area contributed by atoms with Gasteiger partial charge in [-0.25, -0.2) is 0 Å². The Labute approximate surface area is 125 Å². The number of nitrogens with one attached hydrogen (secondary N) is 1. The SMILES string of the molecule is CCOc1cccc(N(C)CC2CCCCN2)c1[N+](=O)[O-]. The Hall–Kier alpha value is -1.82. The van der Waals surface area contributed by atoms with Gasteiger partial charge in [-0.2, -0.15) is 0 Å². The van der Waals surface area contributed by atoms with E-state index in [0.29, 0.717) is 24.1 Å². The Bertz CT molecular complexity index is 487. The molecule has 6 heteroatoms. The van der Waals surface area contributed by atoms with Crippen molar-refractivity contribution in [1.29, 1.82) is 0 Å². The summed E-state index contributed by atoms with van der Waals surface area (Å²) in [6.07, 6.45) is 3.54. The van der Waals surface area contributed by atoms with Gasteiger partial charge in [0, 0.05) is 19.6 Å². The number of nitro groups is 1. The molecule has 1 aromatic carbocycles. The molecule has 0 spiro atoms. The Morgan fingerprint density at radius 1 is 1.48 bits per heavy atom. The van der Waals surface area contributed by atoms with Gasteiger partial charge < -0.3 is 15.0 Å². The van der Waals surface area contributed by atoms with Crippen LogP contribution in [0.15, 0.2) is 18.2 Å². The molecule has 0 saturated carbocycles. The van der Waals surface area contributed by atoms with E-state index in [2.05, 4.69) is 5.32 Å². The fourth-order valence-corrected chi connectivity index (χ4v) is 2.78. The number of nitro benzene ring substituents is 1. The highest BCUT2D eigenvalue weighted by molar-refractivity contribution is 5.69. The van der Waals surface area contributed by atoms with Gasteiger partial charge in [0.2, 0.25) is 0 Å². The topological polar surface area (TPSA) is 67.6 Å². The van der Waals surface area contributed by atoms with Crippen molar-refractivity contribution in [3.63, 3.8) is 0 Å². The molecule has 1 aliphatic heterocycles. The zero-order chi connectivity index (χ0) is 15.2. The first-order valence-electron chi connectivity index (χ1n) is 7.48. The van der Waals surface area contributed by atoms with Crippen molar-refractivity contribution in [3.05, 3.63) is 28.3 Å². The van der Waals surface area contributed by atoms with Crippen LogP contribution >= 0.6 is 0 Å². The predicted octanol–water partition coefficient (Wildman–Crippen LogP) is 2.57. The third-order valence-electron chi connectivity index (χ3n) is 3.78. The van der Waals surface area contributed by atoms with E-state index in [1.165, 1.54) is 12.8 Å². The van der Waals surface area contributed by atoms with E-state index in [0.717, 1.165) is 19.5 Å². The molecule has 0 aromatic heterocycles. The van der Waals surface area contributed by atoms with E-state index in [1.54, 1.807) is 18.2 Å². The van der Waals surface area contributed by atoms with Crippen LogP contribution < -0.4 is 15.0 Å². The van der Waals surface area contributed by atoms with Gasteiger partial charge in [-0.15, -0.1) is 0 Å². The van der Waals surface area contributed by atoms with E-state index >= 15 is 0 Å². The Morgan fingerprint density at radius 2 is 2.29 bits per heavy atom. The molecule has 1 saturated heterocycles. The molecule has 0 amide bonds. The number of likely N-dealkylation sites (N-methyl/N-ethyl adjacent to an activating group) is 1. The van der Waals surface area contributed by atoms with Crippen molar-refractivity contribution in [2.24, 2.45) is 0 Å². The van der Waals surface area contributed by atoms with E-state index in [1.807, 2.05) is 18.9 Å². The average Bonchev–Trinajstić information content (AvgIpc) is 2.48. The standard InChI is InChI=1S/C15H23N3O3/c1-3-21-14-9-6-8-13(15(14)18(19)20)17(2)11-12-7-4-5-10-16-12/h6,8-9,12,16H,3-5,7,10-11H2,1-2H3. The normalized spacial score (nSPS) is 18.3. The summed E-state index contributed by atoms with van der Waals surface area (Å²) in [6, 6.07) is 5.62. The van der Waals surface area contributed by atoms with Crippen LogP contribution in [-0.2, 0) is 0 Å². The third kappa shape index (κ3) is 3.85. The molecule has 0 radical (unpaired) electrons. The molecule has 2 rings (SSSR count). The summed E-state index contributed by atoms with van der Waals surface area (Å²) < 4.78 is 5.40. The number of rotatable bonds is 6. The third-order valence-corrected chi connectivity index (χ3v) is 3.78. The second-order valence-electron chi connectivity index (χ2n) is 5.34. The summed E-state index contributed by atoms with van der Waals surface area (Å²) in [7, 11) is 1.90. The second kappa shape index (κ2) is 7.26. The van der Waals surface area contributed by atoms with E-state index in [4.69, 9.17) is 4.74 Å². The maximum atomic E-state index is 11.4. The van der Waals surface area contributed by atoms with Crippen molar-refractivity contribution in [2.45, 2.75) is 32.2 Å². The van der Waals surface area contributed by atoms with Crippen LogP contribution in [0.2, 0.25) is 0 Å². The molecule has 116 valence electrons. The van der Waals surface area contributed by atoms with Crippen LogP contribution in [0.4, 0.5) is 11.4 Å². The maximum absolute atomic E-state index is 11.4. The molecule has 21 heavy (non-hydrogen) atoms. The van der Waals surface area contributed by atoms with Crippen LogP contribution in [0.3, 0.4) is 0 Å². The average molecular weight is 293 g/mol. The number of hydrogen-bond donors (Lipinski definition) is 1. The molecule has 1 unspecified atom stereocenters. The minimum atomic E-state index is -0.356. The zero-order valence-corrected chi connectivity index (χ0v) is 12.7. The smallest absolute Gasteiger partial charge is 0.333 e. The molecular weight excluding hydrogens is 270 g/mol. The number of para-hydroxylation sites is 1. The molecular formula is C15H23N3O3. The van der Waals surface area contributed by atoms with E-state index < -0.39 is 0 Å². The lowest BCUT2D eigenvalue weighted by molar-refractivity contribution is -0.385. The monoisotopic (exact) mass is 293 g/mol. The first-order valence-corrected chi connectivity index (χ1v) is 7.48. The molecule has 0 bridgehead atoms.